The van der Waals surface area contributed by atoms with Crippen LogP contribution in [0.5, 0.6) is 0 Å². The number of hydrogen-bond donors (Lipinski definition) is 1. The maximum Gasteiger partial charge on any atom is 0.322 e. The monoisotopic (exact) mass is 377 g/mol. The van der Waals surface area contributed by atoms with Crippen LogP contribution in [0.2, 0.25) is 5.02 Å². The molecule has 1 atom stereocenters. The number of nitrogens with zero attached hydrogens (tertiary/aromatic N) is 4. The molecule has 8 heteroatoms. The van der Waals surface area contributed by atoms with Crippen LogP contribution in [0.25, 0.3) is 0 Å². The Balaban J connectivity index is 1.56. The molecule has 0 spiro atoms. The van der Waals surface area contributed by atoms with Gasteiger partial charge in [0.15, 0.2) is 5.82 Å². The van der Waals surface area contributed by atoms with Gasteiger partial charge >= 0.3 is 6.03 Å². The highest BCUT2D eigenvalue weighted by Crippen LogP contribution is 2.33. The van der Waals surface area contributed by atoms with Crippen LogP contribution in [0.3, 0.4) is 0 Å². The minimum atomic E-state index is -0.439. The number of fused-ring (bicyclic) bond motifs is 1. The molecule has 2 aromatic rings. The number of nitrogens with one attached hydrogen (secondary N) is 1. The second-order valence-corrected chi connectivity index (χ2v) is 7.25. The van der Waals surface area contributed by atoms with Gasteiger partial charge in [0.25, 0.3) is 0 Å². The SMILES string of the molecule is O=C(Nc1cc(F)ccc1Cl)N1CCC[C@@H]1c1nnc2n1CCCCC2. The number of hydrogen-bond acceptors (Lipinski definition) is 3. The molecule has 0 bridgehead atoms. The lowest BCUT2D eigenvalue weighted by Crippen LogP contribution is -2.35. The van der Waals surface area contributed by atoms with E-state index in [0.29, 0.717) is 11.6 Å². The van der Waals surface area contributed by atoms with Crippen molar-refractivity contribution in [1.29, 1.82) is 0 Å². The molecular formula is C18H21ClFN5O. The zero-order chi connectivity index (χ0) is 18.1. The first-order chi connectivity index (χ1) is 12.6. The average Bonchev–Trinajstić information content (AvgIpc) is 3.19. The highest BCUT2D eigenvalue weighted by atomic mass is 35.5. The molecular weight excluding hydrogens is 357 g/mol. The normalized spacial score (nSPS) is 19.9. The Morgan fingerprint density at radius 3 is 2.96 bits per heavy atom. The first-order valence-electron chi connectivity index (χ1n) is 9.08. The summed E-state index contributed by atoms with van der Waals surface area (Å²) in [6.07, 6.45) is 6.11. The Hall–Kier alpha value is -2.15. The van der Waals surface area contributed by atoms with Crippen LogP contribution in [-0.4, -0.2) is 32.2 Å². The molecule has 1 aromatic carbocycles. The summed E-state index contributed by atoms with van der Waals surface area (Å²) in [7, 11) is 0. The van der Waals surface area contributed by atoms with Gasteiger partial charge in [0, 0.05) is 19.5 Å². The number of aryl methyl sites for hydroxylation is 1. The number of anilines is 1. The summed E-state index contributed by atoms with van der Waals surface area (Å²) < 4.78 is 15.6. The third-order valence-electron chi connectivity index (χ3n) is 5.12. The lowest BCUT2D eigenvalue weighted by atomic mass is 10.2. The number of likely N-dealkylation sites (tertiary alicyclic amines) is 1. The topological polar surface area (TPSA) is 63.1 Å². The summed E-state index contributed by atoms with van der Waals surface area (Å²) in [6, 6.07) is 3.54. The van der Waals surface area contributed by atoms with Gasteiger partial charge in [-0.3, -0.25) is 0 Å². The third-order valence-corrected chi connectivity index (χ3v) is 5.45. The van der Waals surface area contributed by atoms with Gasteiger partial charge in [-0.05, 0) is 43.9 Å². The average molecular weight is 378 g/mol. The van der Waals surface area contributed by atoms with Crippen LogP contribution < -0.4 is 5.32 Å². The quantitative estimate of drug-likeness (QED) is 0.854. The van der Waals surface area contributed by atoms with Crippen molar-refractivity contribution >= 4 is 23.3 Å². The van der Waals surface area contributed by atoms with E-state index in [1.807, 2.05) is 0 Å². The Kier molecular flexibility index (Phi) is 4.80. The number of carbonyl (C=O) groups excluding carboxylic acids is 1. The van der Waals surface area contributed by atoms with Crippen molar-refractivity contribution in [3.63, 3.8) is 0 Å². The van der Waals surface area contributed by atoms with Gasteiger partial charge in [0.2, 0.25) is 0 Å². The summed E-state index contributed by atoms with van der Waals surface area (Å²) >= 11 is 6.07. The number of halogens is 2. The molecule has 1 N–H and O–H groups in total. The van der Waals surface area contributed by atoms with Crippen molar-refractivity contribution in [2.24, 2.45) is 0 Å². The maximum atomic E-state index is 13.5. The number of aromatic nitrogens is 3. The first kappa shape index (κ1) is 17.3. The maximum absolute atomic E-state index is 13.5. The van der Waals surface area contributed by atoms with E-state index < -0.39 is 5.82 Å². The lowest BCUT2D eigenvalue weighted by Gasteiger charge is -2.25. The van der Waals surface area contributed by atoms with Gasteiger partial charge in [-0.25, -0.2) is 9.18 Å². The molecule has 3 heterocycles. The van der Waals surface area contributed by atoms with Crippen molar-refractivity contribution in [2.75, 3.05) is 11.9 Å². The number of benzene rings is 1. The minimum absolute atomic E-state index is 0.110. The van der Waals surface area contributed by atoms with Gasteiger partial charge in [-0.1, -0.05) is 18.0 Å². The van der Waals surface area contributed by atoms with Crippen molar-refractivity contribution in [2.45, 2.75) is 51.1 Å². The summed E-state index contributed by atoms with van der Waals surface area (Å²) in [4.78, 5) is 14.5. The number of rotatable bonds is 2. The summed E-state index contributed by atoms with van der Waals surface area (Å²) in [5.41, 5.74) is 0.280. The van der Waals surface area contributed by atoms with Crippen LogP contribution >= 0.6 is 11.6 Å². The number of carbonyl (C=O) groups is 1. The fraction of sp³-hybridized carbons (Fsp3) is 0.500. The molecule has 1 fully saturated rings. The highest BCUT2D eigenvalue weighted by molar-refractivity contribution is 6.33. The van der Waals surface area contributed by atoms with E-state index in [-0.39, 0.29) is 17.8 Å². The summed E-state index contributed by atoms with van der Waals surface area (Å²) in [5, 5.41) is 11.8. The number of urea groups is 1. The van der Waals surface area contributed by atoms with Crippen molar-refractivity contribution in [3.8, 4) is 0 Å². The molecule has 2 amide bonds. The second-order valence-electron chi connectivity index (χ2n) is 6.84. The molecule has 2 aliphatic heterocycles. The molecule has 0 saturated carbocycles. The molecule has 1 saturated heterocycles. The predicted molar refractivity (Wildman–Crippen MR) is 96.7 cm³/mol. The van der Waals surface area contributed by atoms with Crippen LogP contribution in [0.4, 0.5) is 14.9 Å². The largest absolute Gasteiger partial charge is 0.322 e. The van der Waals surface area contributed by atoms with E-state index in [4.69, 9.17) is 11.6 Å². The van der Waals surface area contributed by atoms with Gasteiger partial charge in [-0.2, -0.15) is 0 Å². The molecule has 1 aromatic heterocycles. The summed E-state index contributed by atoms with van der Waals surface area (Å²) in [5.74, 6) is 1.43. The molecule has 26 heavy (non-hydrogen) atoms. The van der Waals surface area contributed by atoms with Gasteiger partial charge in [-0.15, -0.1) is 10.2 Å². The smallest absolute Gasteiger partial charge is 0.314 e. The van der Waals surface area contributed by atoms with E-state index in [0.717, 1.165) is 50.3 Å². The zero-order valence-corrected chi connectivity index (χ0v) is 15.2. The van der Waals surface area contributed by atoms with Crippen LogP contribution in [-0.2, 0) is 13.0 Å². The number of amides is 2. The van der Waals surface area contributed by atoms with E-state index in [9.17, 15) is 9.18 Å². The van der Waals surface area contributed by atoms with Crippen LogP contribution in [0, 0.1) is 5.82 Å². The van der Waals surface area contributed by atoms with Crippen molar-refractivity contribution in [3.05, 3.63) is 40.7 Å². The molecule has 0 unspecified atom stereocenters. The first-order valence-corrected chi connectivity index (χ1v) is 9.46. The fourth-order valence-corrected chi connectivity index (χ4v) is 3.98. The third kappa shape index (κ3) is 3.28. The van der Waals surface area contributed by atoms with Gasteiger partial charge in [0.05, 0.1) is 16.8 Å². The van der Waals surface area contributed by atoms with E-state index >= 15 is 0 Å². The second kappa shape index (κ2) is 7.23. The minimum Gasteiger partial charge on any atom is -0.314 e. The zero-order valence-electron chi connectivity index (χ0n) is 14.4. The Bertz CT molecular complexity index is 824. The molecule has 6 nitrogen and oxygen atoms in total. The summed E-state index contributed by atoms with van der Waals surface area (Å²) in [6.45, 7) is 1.53. The molecule has 0 aliphatic carbocycles. The Morgan fingerprint density at radius 2 is 2.08 bits per heavy atom. The van der Waals surface area contributed by atoms with E-state index in [1.165, 1.54) is 24.6 Å². The van der Waals surface area contributed by atoms with Crippen LogP contribution in [0.15, 0.2) is 18.2 Å². The molecule has 138 valence electrons. The van der Waals surface area contributed by atoms with Crippen molar-refractivity contribution < 1.29 is 9.18 Å². The predicted octanol–water partition coefficient (Wildman–Crippen LogP) is 4.17. The van der Waals surface area contributed by atoms with Crippen LogP contribution in [0.1, 0.15) is 49.8 Å². The molecule has 0 radical (unpaired) electrons. The van der Waals surface area contributed by atoms with Crippen molar-refractivity contribution in [1.82, 2.24) is 19.7 Å². The Labute approximate surface area is 156 Å². The fourth-order valence-electron chi connectivity index (χ4n) is 3.81. The van der Waals surface area contributed by atoms with Gasteiger partial charge < -0.3 is 14.8 Å². The van der Waals surface area contributed by atoms with E-state index in [1.54, 1.807) is 4.90 Å². The van der Waals surface area contributed by atoms with Gasteiger partial charge in [0.1, 0.15) is 11.6 Å². The standard InChI is InChI=1S/C18H21ClFN5O/c19-13-8-7-12(20)11-14(13)21-18(26)24-10-4-5-15(24)17-23-22-16-6-2-1-3-9-25(16)17/h7-8,11,15H,1-6,9-10H2,(H,21,26)/t15-/m1/s1. The molecule has 2 aliphatic rings. The molecule has 4 rings (SSSR count). The highest BCUT2D eigenvalue weighted by Gasteiger charge is 2.34. The van der Waals surface area contributed by atoms with E-state index in [2.05, 4.69) is 20.1 Å². The Morgan fingerprint density at radius 1 is 1.19 bits per heavy atom. The lowest BCUT2D eigenvalue weighted by molar-refractivity contribution is 0.203.